The number of rotatable bonds is 5. The predicted octanol–water partition coefficient (Wildman–Crippen LogP) is 5.65. The van der Waals surface area contributed by atoms with Gasteiger partial charge in [0.15, 0.2) is 0 Å². The highest BCUT2D eigenvalue weighted by Crippen LogP contribution is 2.38. The number of amidine groups is 1. The third kappa shape index (κ3) is 4.35. The molecule has 6 heteroatoms. The number of ether oxygens (including phenoxy) is 2. The van der Waals surface area contributed by atoms with Gasteiger partial charge in [0.1, 0.15) is 11.9 Å². The van der Waals surface area contributed by atoms with Crippen LogP contribution in [0.4, 0.5) is 0 Å². The maximum Gasteiger partial charge on any atom is 0.129 e. The van der Waals surface area contributed by atoms with Crippen molar-refractivity contribution in [3.8, 4) is 0 Å². The van der Waals surface area contributed by atoms with Gasteiger partial charge in [0.05, 0.1) is 25.0 Å². The molecule has 2 aromatic carbocycles. The van der Waals surface area contributed by atoms with Gasteiger partial charge in [-0.15, -0.1) is 0 Å². The summed E-state index contributed by atoms with van der Waals surface area (Å²) in [6, 6.07) is 15.6. The molecule has 2 aliphatic rings. The minimum absolute atomic E-state index is 0.0216. The van der Waals surface area contributed by atoms with Crippen LogP contribution in [0.5, 0.6) is 0 Å². The summed E-state index contributed by atoms with van der Waals surface area (Å²) < 4.78 is 11.0. The summed E-state index contributed by atoms with van der Waals surface area (Å²) >= 11 is 12.2. The number of nitrogens with one attached hydrogen (secondary N) is 1. The lowest BCUT2D eigenvalue weighted by molar-refractivity contribution is 0.121. The van der Waals surface area contributed by atoms with E-state index in [0.717, 1.165) is 28.3 Å². The van der Waals surface area contributed by atoms with Gasteiger partial charge in [-0.1, -0.05) is 47.5 Å². The summed E-state index contributed by atoms with van der Waals surface area (Å²) in [6.07, 6.45) is 4.77. The van der Waals surface area contributed by atoms with E-state index >= 15 is 0 Å². The minimum atomic E-state index is -0.0911. The van der Waals surface area contributed by atoms with Crippen LogP contribution in [0.2, 0.25) is 10.0 Å². The van der Waals surface area contributed by atoms with Crippen molar-refractivity contribution in [3.05, 3.63) is 93.2 Å². The highest BCUT2D eigenvalue weighted by atomic mass is 35.5. The van der Waals surface area contributed by atoms with Crippen molar-refractivity contribution in [2.75, 3.05) is 14.2 Å². The SMILES string of the molecule is COC1=CC(C2=N[C@H](c3ccc(Cl)cc3)[C@H](c3ccc(Cl)cc3)N2)=CC(OC)C1. The molecule has 4 nitrogen and oxygen atoms in total. The molecular formula is C23H22Cl2N2O2. The van der Waals surface area contributed by atoms with Crippen molar-refractivity contribution in [1.29, 1.82) is 0 Å². The molecule has 4 rings (SSSR count). The highest BCUT2D eigenvalue weighted by molar-refractivity contribution is 6.30. The largest absolute Gasteiger partial charge is 0.501 e. The maximum absolute atomic E-state index is 6.10. The molecule has 29 heavy (non-hydrogen) atoms. The molecular weight excluding hydrogens is 407 g/mol. The van der Waals surface area contributed by atoms with Crippen LogP contribution in [0.25, 0.3) is 0 Å². The Morgan fingerprint density at radius 3 is 2.14 bits per heavy atom. The van der Waals surface area contributed by atoms with Gasteiger partial charge in [0.2, 0.25) is 0 Å². The first-order valence-electron chi connectivity index (χ1n) is 9.42. The molecule has 0 saturated heterocycles. The van der Waals surface area contributed by atoms with E-state index in [1.54, 1.807) is 14.2 Å². The third-order valence-corrected chi connectivity index (χ3v) is 5.74. The molecule has 0 bridgehead atoms. The van der Waals surface area contributed by atoms with Crippen molar-refractivity contribution < 1.29 is 9.47 Å². The van der Waals surface area contributed by atoms with Crippen LogP contribution in [0.15, 0.2) is 77.0 Å². The summed E-state index contributed by atoms with van der Waals surface area (Å²) in [6.45, 7) is 0. The van der Waals surface area contributed by atoms with E-state index in [2.05, 4.69) is 11.4 Å². The van der Waals surface area contributed by atoms with Crippen LogP contribution < -0.4 is 5.32 Å². The number of hydrogen-bond donors (Lipinski definition) is 1. The second-order valence-corrected chi connectivity index (χ2v) is 7.94. The van der Waals surface area contributed by atoms with Crippen LogP contribution in [0.1, 0.15) is 29.6 Å². The molecule has 0 fully saturated rings. The van der Waals surface area contributed by atoms with Gasteiger partial charge >= 0.3 is 0 Å². The number of halogens is 2. The molecule has 3 atom stereocenters. The van der Waals surface area contributed by atoms with Crippen molar-refractivity contribution in [3.63, 3.8) is 0 Å². The summed E-state index contributed by atoms with van der Waals surface area (Å²) in [5.41, 5.74) is 3.17. The number of hydrogen-bond acceptors (Lipinski definition) is 4. The van der Waals surface area contributed by atoms with Gasteiger partial charge < -0.3 is 14.8 Å². The Labute approximate surface area is 180 Å². The van der Waals surface area contributed by atoms with Gasteiger partial charge in [-0.25, -0.2) is 0 Å². The lowest BCUT2D eigenvalue weighted by Gasteiger charge is -2.22. The standard InChI is InChI=1S/C23H22Cl2N2O2/c1-28-19-11-16(12-20(13-19)29-2)23-26-21(14-3-7-17(24)8-4-14)22(27-23)15-5-9-18(25)10-6-15/h3-12,19,21-22H,13H2,1-2H3,(H,26,27)/t19?,21-,22+. The van der Waals surface area contributed by atoms with E-state index in [1.807, 2.05) is 54.6 Å². The molecule has 0 amide bonds. The van der Waals surface area contributed by atoms with Crippen molar-refractivity contribution >= 4 is 29.0 Å². The summed E-state index contributed by atoms with van der Waals surface area (Å²) in [7, 11) is 3.38. The Bertz CT molecular complexity index is 965. The first-order chi connectivity index (χ1) is 14.1. The van der Waals surface area contributed by atoms with E-state index < -0.39 is 0 Å². The lowest BCUT2D eigenvalue weighted by Crippen LogP contribution is -2.27. The molecule has 2 aromatic rings. The number of nitrogens with zero attached hydrogens (tertiary/aromatic N) is 1. The normalized spacial score (nSPS) is 23.7. The fourth-order valence-electron chi connectivity index (χ4n) is 3.68. The fraction of sp³-hybridized carbons (Fsp3) is 0.261. The Morgan fingerprint density at radius 2 is 1.55 bits per heavy atom. The quantitative estimate of drug-likeness (QED) is 0.668. The molecule has 1 aliphatic carbocycles. The molecule has 1 aliphatic heterocycles. The number of methoxy groups -OCH3 is 2. The lowest BCUT2D eigenvalue weighted by atomic mass is 9.95. The van der Waals surface area contributed by atoms with E-state index in [0.29, 0.717) is 16.5 Å². The Morgan fingerprint density at radius 1 is 0.931 bits per heavy atom. The predicted molar refractivity (Wildman–Crippen MR) is 118 cm³/mol. The highest BCUT2D eigenvalue weighted by Gasteiger charge is 2.33. The topological polar surface area (TPSA) is 42.8 Å². The molecule has 1 unspecified atom stereocenters. The fourth-order valence-corrected chi connectivity index (χ4v) is 3.93. The first kappa shape index (κ1) is 20.0. The van der Waals surface area contributed by atoms with Crippen LogP contribution in [-0.2, 0) is 9.47 Å². The Balaban J connectivity index is 1.72. The van der Waals surface area contributed by atoms with Crippen molar-refractivity contribution in [1.82, 2.24) is 5.32 Å². The molecule has 150 valence electrons. The molecule has 1 heterocycles. The molecule has 1 N–H and O–H groups in total. The summed E-state index contributed by atoms with van der Waals surface area (Å²) in [4.78, 5) is 5.03. The van der Waals surface area contributed by atoms with E-state index in [1.165, 1.54) is 0 Å². The minimum Gasteiger partial charge on any atom is -0.501 e. The third-order valence-electron chi connectivity index (χ3n) is 5.24. The van der Waals surface area contributed by atoms with Crippen LogP contribution in [-0.4, -0.2) is 26.2 Å². The van der Waals surface area contributed by atoms with Crippen LogP contribution >= 0.6 is 23.2 Å². The molecule has 0 spiro atoms. The van der Waals surface area contributed by atoms with Gasteiger partial charge in [0, 0.05) is 29.1 Å². The van der Waals surface area contributed by atoms with Gasteiger partial charge in [-0.2, -0.15) is 0 Å². The first-order valence-corrected chi connectivity index (χ1v) is 10.2. The average molecular weight is 429 g/mol. The zero-order valence-electron chi connectivity index (χ0n) is 16.2. The molecule has 0 radical (unpaired) electrons. The second kappa shape index (κ2) is 8.62. The monoisotopic (exact) mass is 428 g/mol. The summed E-state index contributed by atoms with van der Waals surface area (Å²) in [5.74, 6) is 1.69. The maximum atomic E-state index is 6.10. The smallest absolute Gasteiger partial charge is 0.129 e. The Hall–Kier alpha value is -2.27. The zero-order chi connectivity index (χ0) is 20.4. The van der Waals surface area contributed by atoms with Crippen LogP contribution in [0, 0.1) is 0 Å². The second-order valence-electron chi connectivity index (χ2n) is 7.06. The van der Waals surface area contributed by atoms with E-state index in [-0.39, 0.29) is 18.2 Å². The molecule has 0 aromatic heterocycles. The van der Waals surface area contributed by atoms with Gasteiger partial charge in [-0.05, 0) is 47.5 Å². The number of aliphatic imine (C=N–C) groups is 1. The van der Waals surface area contributed by atoms with E-state index in [9.17, 15) is 0 Å². The number of benzene rings is 2. The van der Waals surface area contributed by atoms with Gasteiger partial charge in [-0.3, -0.25) is 4.99 Å². The van der Waals surface area contributed by atoms with E-state index in [4.69, 9.17) is 37.7 Å². The zero-order valence-corrected chi connectivity index (χ0v) is 17.7. The van der Waals surface area contributed by atoms with Gasteiger partial charge in [0.25, 0.3) is 0 Å². The Kier molecular flexibility index (Phi) is 5.95. The molecule has 0 saturated carbocycles. The van der Waals surface area contributed by atoms with Crippen LogP contribution in [0.3, 0.4) is 0 Å². The van der Waals surface area contributed by atoms with Crippen molar-refractivity contribution in [2.24, 2.45) is 4.99 Å². The summed E-state index contributed by atoms with van der Waals surface area (Å²) in [5, 5.41) is 5.01. The van der Waals surface area contributed by atoms with Crippen molar-refractivity contribution in [2.45, 2.75) is 24.6 Å². The average Bonchev–Trinajstić information content (AvgIpc) is 3.20.